The number of amides is 1. The topological polar surface area (TPSA) is 113 Å². The Morgan fingerprint density at radius 3 is 2.46 bits per heavy atom. The molecule has 4 rings (SSSR count). The molecule has 7 heteroatoms. The van der Waals surface area contributed by atoms with E-state index in [2.05, 4.69) is 5.32 Å². The second kappa shape index (κ2) is 10.0. The zero-order chi connectivity index (χ0) is 27.1. The van der Waals surface area contributed by atoms with E-state index in [1.165, 1.54) is 26.0 Å². The third-order valence-corrected chi connectivity index (χ3v) is 8.49. The van der Waals surface area contributed by atoms with Gasteiger partial charge in [-0.3, -0.25) is 14.4 Å². The lowest BCUT2D eigenvalue weighted by molar-refractivity contribution is -0.161. The highest BCUT2D eigenvalue weighted by molar-refractivity contribution is 5.91. The molecule has 1 heterocycles. The molecule has 1 fully saturated rings. The zero-order valence-electron chi connectivity index (χ0n) is 22.1. The van der Waals surface area contributed by atoms with Gasteiger partial charge in [0.05, 0.1) is 6.10 Å². The van der Waals surface area contributed by atoms with Crippen LogP contribution < -0.4 is 5.32 Å². The summed E-state index contributed by atoms with van der Waals surface area (Å²) in [6, 6.07) is 9.52. The van der Waals surface area contributed by atoms with Gasteiger partial charge < -0.3 is 20.3 Å². The van der Waals surface area contributed by atoms with Crippen molar-refractivity contribution in [2.45, 2.75) is 71.3 Å². The van der Waals surface area contributed by atoms with Crippen LogP contribution in [0.5, 0.6) is 0 Å². The number of benzene rings is 1. The first kappa shape index (κ1) is 27.0. The lowest BCUT2D eigenvalue weighted by atomic mass is 9.54. The van der Waals surface area contributed by atoms with Gasteiger partial charge in [-0.2, -0.15) is 0 Å². The van der Waals surface area contributed by atoms with E-state index in [-0.39, 0.29) is 17.7 Å². The molecule has 3 N–H and O–H groups in total. The summed E-state index contributed by atoms with van der Waals surface area (Å²) >= 11 is 0. The highest BCUT2D eigenvalue weighted by Gasteiger charge is 2.67. The molecular weight excluding hydrogens is 470 g/mol. The van der Waals surface area contributed by atoms with Gasteiger partial charge in [-0.15, -0.1) is 0 Å². The quantitative estimate of drug-likeness (QED) is 0.428. The fourth-order valence-electron chi connectivity index (χ4n) is 6.54. The van der Waals surface area contributed by atoms with Crippen LogP contribution in [0.2, 0.25) is 0 Å². The van der Waals surface area contributed by atoms with Gasteiger partial charge in [0.2, 0.25) is 5.91 Å². The predicted octanol–water partition coefficient (Wildman–Crippen LogP) is 3.06. The fraction of sp³-hybridized carbons (Fsp3) is 0.500. The van der Waals surface area contributed by atoms with Crippen molar-refractivity contribution in [2.75, 3.05) is 0 Å². The molecule has 7 nitrogen and oxygen atoms in total. The fourth-order valence-corrected chi connectivity index (χ4v) is 6.54. The molecule has 0 radical (unpaired) electrons. The highest BCUT2D eigenvalue weighted by Crippen LogP contribution is 2.57. The second-order valence-electron chi connectivity index (χ2n) is 11.0. The molecule has 1 spiro atoms. The van der Waals surface area contributed by atoms with E-state index in [4.69, 9.17) is 4.74 Å². The Morgan fingerprint density at radius 1 is 1.14 bits per heavy atom. The minimum Gasteiger partial charge on any atom is -0.457 e. The first-order valence-corrected chi connectivity index (χ1v) is 12.9. The number of allylic oxidation sites excluding steroid dienone is 1. The van der Waals surface area contributed by atoms with Crippen LogP contribution in [0.1, 0.15) is 46.6 Å². The first-order valence-electron chi connectivity index (χ1n) is 12.9. The van der Waals surface area contributed by atoms with Crippen LogP contribution in [0, 0.1) is 23.2 Å². The molecule has 3 aliphatic rings. The number of carbonyl (C=O) groups excluding carboxylic acids is 3. The van der Waals surface area contributed by atoms with E-state index in [0.29, 0.717) is 12.8 Å². The van der Waals surface area contributed by atoms with Gasteiger partial charge in [-0.05, 0) is 56.9 Å². The number of esters is 1. The molecule has 1 amide bonds. The van der Waals surface area contributed by atoms with Gasteiger partial charge in [0.25, 0.3) is 0 Å². The van der Waals surface area contributed by atoms with Gasteiger partial charge >= 0.3 is 5.97 Å². The largest absolute Gasteiger partial charge is 0.457 e. The maximum Gasteiger partial charge on any atom is 0.303 e. The van der Waals surface area contributed by atoms with Crippen LogP contribution in [0.25, 0.3) is 0 Å². The van der Waals surface area contributed by atoms with Gasteiger partial charge in [-0.1, -0.05) is 55.0 Å². The summed E-state index contributed by atoms with van der Waals surface area (Å²) in [6.45, 7) is 8.20. The molecule has 1 aromatic rings. The molecule has 37 heavy (non-hydrogen) atoms. The Hall–Kier alpha value is -3.03. The number of carbonyl (C=O) groups is 3. The van der Waals surface area contributed by atoms with E-state index >= 15 is 0 Å². The minimum atomic E-state index is -1.82. The SMILES string of the molecule is CC(=O)OC1C=C[C@](C)(O)C(=O)[C@H](C)C/C=C/[C@@H]2[C@H](O)C(C)=C(C)C3[C@@H](Cc4ccccc4)NC(=O)[C@]132. The summed E-state index contributed by atoms with van der Waals surface area (Å²) in [5.74, 6) is -2.92. The molecule has 1 saturated heterocycles. The molecule has 198 valence electrons. The van der Waals surface area contributed by atoms with E-state index in [9.17, 15) is 24.6 Å². The second-order valence-corrected chi connectivity index (χ2v) is 11.0. The van der Waals surface area contributed by atoms with E-state index < -0.39 is 46.9 Å². The molecule has 0 bridgehead atoms. The average molecular weight is 508 g/mol. The summed E-state index contributed by atoms with van der Waals surface area (Å²) in [4.78, 5) is 39.5. The number of hydrogen-bond acceptors (Lipinski definition) is 6. The van der Waals surface area contributed by atoms with Crippen molar-refractivity contribution in [3.8, 4) is 0 Å². The predicted molar refractivity (Wildman–Crippen MR) is 139 cm³/mol. The molecule has 0 aromatic heterocycles. The van der Waals surface area contributed by atoms with Gasteiger partial charge in [0.1, 0.15) is 17.1 Å². The number of aliphatic hydroxyl groups excluding tert-OH is 1. The number of nitrogens with one attached hydrogen (secondary N) is 1. The lowest BCUT2D eigenvalue weighted by Gasteiger charge is -2.49. The summed E-state index contributed by atoms with van der Waals surface area (Å²) in [5, 5.41) is 25.7. The Bertz CT molecular complexity index is 1170. The summed E-state index contributed by atoms with van der Waals surface area (Å²) in [7, 11) is 0. The van der Waals surface area contributed by atoms with Gasteiger partial charge in [-0.25, -0.2) is 0 Å². The van der Waals surface area contributed by atoms with Crippen molar-refractivity contribution >= 4 is 17.7 Å². The maximum atomic E-state index is 14.2. The Balaban J connectivity index is 1.96. The Morgan fingerprint density at radius 2 is 1.81 bits per heavy atom. The Labute approximate surface area is 218 Å². The molecule has 2 unspecified atom stereocenters. The van der Waals surface area contributed by atoms with Gasteiger partial charge in [0, 0.05) is 30.7 Å². The van der Waals surface area contributed by atoms with Crippen molar-refractivity contribution in [1.29, 1.82) is 0 Å². The Kier molecular flexibility index (Phi) is 7.32. The minimum absolute atomic E-state index is 0.314. The number of rotatable bonds is 3. The number of ketones is 1. The van der Waals surface area contributed by atoms with Crippen LogP contribution >= 0.6 is 0 Å². The first-order chi connectivity index (χ1) is 17.4. The third kappa shape index (κ3) is 4.59. The molecule has 2 aliphatic carbocycles. The van der Waals surface area contributed by atoms with Crippen molar-refractivity contribution in [1.82, 2.24) is 5.32 Å². The van der Waals surface area contributed by atoms with E-state index in [0.717, 1.165) is 16.7 Å². The zero-order valence-corrected chi connectivity index (χ0v) is 22.1. The van der Waals surface area contributed by atoms with E-state index in [1.54, 1.807) is 19.1 Å². The van der Waals surface area contributed by atoms with Crippen molar-refractivity contribution < 1.29 is 29.3 Å². The third-order valence-electron chi connectivity index (χ3n) is 8.49. The standard InChI is InChI=1S/C30H37NO6/c1-17-10-9-13-22-26(33)19(3)18(2)25-23(16-21-11-7-6-8-12-21)31-28(35)30(22,25)24(37-20(4)32)14-15-29(5,36)27(17)34/h6-9,11-15,17,22-26,33,36H,10,16H2,1-5H3,(H,31,35)/b13-9+,15-14?/t17-,22-,23-,24?,25?,26-,29+,30-/m1/s1. The number of hydrogen-bond donors (Lipinski definition) is 3. The molecule has 1 aliphatic heterocycles. The molecule has 8 atom stereocenters. The molecule has 0 saturated carbocycles. The van der Waals surface area contributed by atoms with Crippen LogP contribution in [0.15, 0.2) is 65.8 Å². The molecular formula is C30H37NO6. The van der Waals surface area contributed by atoms with Crippen LogP contribution in [-0.2, 0) is 25.5 Å². The van der Waals surface area contributed by atoms with Crippen molar-refractivity contribution in [3.63, 3.8) is 0 Å². The van der Waals surface area contributed by atoms with Gasteiger partial charge in [0.15, 0.2) is 5.78 Å². The van der Waals surface area contributed by atoms with Crippen molar-refractivity contribution in [2.24, 2.45) is 23.2 Å². The number of Topliss-reactive ketones (excluding diaryl/α,β-unsaturated/α-hetero) is 1. The van der Waals surface area contributed by atoms with Crippen LogP contribution in [-0.4, -0.2) is 51.7 Å². The summed E-state index contributed by atoms with van der Waals surface area (Å²) in [5.41, 5.74) is -0.500. The number of aliphatic hydroxyl groups is 2. The average Bonchev–Trinajstić information content (AvgIpc) is 3.13. The number of ether oxygens (including phenoxy) is 1. The van der Waals surface area contributed by atoms with Crippen LogP contribution in [0.4, 0.5) is 0 Å². The monoisotopic (exact) mass is 507 g/mol. The van der Waals surface area contributed by atoms with E-state index in [1.807, 2.05) is 44.2 Å². The van der Waals surface area contributed by atoms with Crippen molar-refractivity contribution in [3.05, 3.63) is 71.3 Å². The maximum absolute atomic E-state index is 14.2. The smallest absolute Gasteiger partial charge is 0.303 e. The van der Waals surface area contributed by atoms with Crippen LogP contribution in [0.3, 0.4) is 0 Å². The lowest BCUT2D eigenvalue weighted by Crippen LogP contribution is -2.58. The molecule has 1 aromatic carbocycles. The normalized spacial score (nSPS) is 38.8. The highest BCUT2D eigenvalue weighted by atomic mass is 16.5. The summed E-state index contributed by atoms with van der Waals surface area (Å²) in [6.07, 6.45) is 5.17. The summed E-state index contributed by atoms with van der Waals surface area (Å²) < 4.78 is 5.82.